The third-order valence-electron chi connectivity index (χ3n) is 3.43. The van der Waals surface area contributed by atoms with Gasteiger partial charge in [0.25, 0.3) is 0 Å². The highest BCUT2D eigenvalue weighted by Gasteiger charge is 2.11. The largest absolute Gasteiger partial charge is 0.328 e. The van der Waals surface area contributed by atoms with E-state index in [1.165, 1.54) is 0 Å². The van der Waals surface area contributed by atoms with E-state index in [0.29, 0.717) is 0 Å². The summed E-state index contributed by atoms with van der Waals surface area (Å²) in [4.78, 5) is 10.9. The molecule has 0 aliphatic carbocycles. The van der Waals surface area contributed by atoms with Gasteiger partial charge in [-0.25, -0.2) is 0 Å². The van der Waals surface area contributed by atoms with Crippen molar-refractivity contribution in [3.63, 3.8) is 0 Å². The second kappa shape index (κ2) is 6.06. The van der Waals surface area contributed by atoms with Crippen molar-refractivity contribution in [3.05, 3.63) is 78.9 Å². The van der Waals surface area contributed by atoms with E-state index in [4.69, 9.17) is 0 Å². The van der Waals surface area contributed by atoms with E-state index in [-0.39, 0.29) is 0 Å². The maximum atomic E-state index is 10.9. The van der Waals surface area contributed by atoms with Crippen molar-refractivity contribution < 1.29 is 4.79 Å². The molecular formula is C19H15NO. The van der Waals surface area contributed by atoms with E-state index in [1.54, 1.807) is 0 Å². The summed E-state index contributed by atoms with van der Waals surface area (Å²) in [5.41, 5.74) is 5.18. The number of benzene rings is 3. The fourth-order valence-corrected chi connectivity index (χ4v) is 2.51. The predicted molar refractivity (Wildman–Crippen MR) is 87.0 cm³/mol. The summed E-state index contributed by atoms with van der Waals surface area (Å²) < 4.78 is 0. The van der Waals surface area contributed by atoms with Crippen LogP contribution in [0.4, 0.5) is 5.69 Å². The Morgan fingerprint density at radius 3 is 1.90 bits per heavy atom. The zero-order chi connectivity index (χ0) is 14.5. The second-order valence-electron chi connectivity index (χ2n) is 4.72. The highest BCUT2D eigenvalue weighted by molar-refractivity contribution is 5.95. The van der Waals surface area contributed by atoms with Crippen molar-refractivity contribution in [1.29, 1.82) is 0 Å². The summed E-state index contributed by atoms with van der Waals surface area (Å²) in [5.74, 6) is 0. The Labute approximate surface area is 124 Å². The summed E-state index contributed by atoms with van der Waals surface area (Å²) in [7, 11) is 0. The quantitative estimate of drug-likeness (QED) is 0.692. The first kappa shape index (κ1) is 13.1. The number of amides is 1. The lowest BCUT2D eigenvalue weighted by atomic mass is 9.93. The average molecular weight is 273 g/mol. The maximum Gasteiger partial charge on any atom is 0.211 e. The summed E-state index contributed by atoms with van der Waals surface area (Å²) in [5, 5.41) is 2.80. The third-order valence-corrected chi connectivity index (χ3v) is 3.43. The molecule has 0 bridgehead atoms. The molecule has 2 heteroatoms. The molecule has 3 rings (SSSR count). The summed E-state index contributed by atoms with van der Waals surface area (Å²) >= 11 is 0. The minimum Gasteiger partial charge on any atom is -0.328 e. The highest BCUT2D eigenvalue weighted by atomic mass is 16.1. The van der Waals surface area contributed by atoms with E-state index >= 15 is 0 Å². The van der Waals surface area contributed by atoms with Crippen molar-refractivity contribution >= 4 is 12.1 Å². The lowest BCUT2D eigenvalue weighted by Crippen LogP contribution is -1.98. The Hall–Kier alpha value is -2.87. The average Bonchev–Trinajstić information content (AvgIpc) is 2.56. The molecule has 0 saturated carbocycles. The Morgan fingerprint density at radius 2 is 1.29 bits per heavy atom. The van der Waals surface area contributed by atoms with E-state index < -0.39 is 0 Å². The molecule has 0 atom stereocenters. The van der Waals surface area contributed by atoms with Crippen LogP contribution in [0.25, 0.3) is 22.3 Å². The van der Waals surface area contributed by atoms with Gasteiger partial charge in [-0.1, -0.05) is 72.8 Å². The highest BCUT2D eigenvalue weighted by Crippen LogP contribution is 2.37. The molecule has 0 radical (unpaired) electrons. The maximum absolute atomic E-state index is 10.9. The van der Waals surface area contributed by atoms with Crippen molar-refractivity contribution in [2.45, 2.75) is 0 Å². The number of hydrogen-bond donors (Lipinski definition) is 1. The van der Waals surface area contributed by atoms with Crippen LogP contribution in [0.3, 0.4) is 0 Å². The Morgan fingerprint density at radius 1 is 0.667 bits per heavy atom. The molecule has 3 aromatic carbocycles. The number of carbonyl (C=O) groups excluding carboxylic acids is 1. The standard InChI is InChI=1S/C19H15NO/c21-14-20-18-13-7-12-17(15-8-3-1-4-9-15)19(18)16-10-5-2-6-11-16/h1-14H,(H,20,21). The van der Waals surface area contributed by atoms with Crippen LogP contribution in [-0.2, 0) is 4.79 Å². The first-order valence-corrected chi connectivity index (χ1v) is 6.84. The lowest BCUT2D eigenvalue weighted by Gasteiger charge is -2.14. The van der Waals surface area contributed by atoms with Crippen LogP contribution in [0.2, 0.25) is 0 Å². The van der Waals surface area contributed by atoms with Gasteiger partial charge >= 0.3 is 0 Å². The predicted octanol–water partition coefficient (Wildman–Crippen LogP) is 4.59. The van der Waals surface area contributed by atoms with Gasteiger partial charge in [0, 0.05) is 11.3 Å². The van der Waals surface area contributed by atoms with E-state index in [0.717, 1.165) is 34.4 Å². The number of carbonyl (C=O) groups is 1. The molecule has 1 amide bonds. The SMILES string of the molecule is O=CNc1cccc(-c2ccccc2)c1-c1ccccc1. The van der Waals surface area contributed by atoms with E-state index in [1.807, 2.05) is 48.5 Å². The molecular weight excluding hydrogens is 258 g/mol. The first-order valence-electron chi connectivity index (χ1n) is 6.84. The van der Waals surface area contributed by atoms with Crippen molar-refractivity contribution in [2.24, 2.45) is 0 Å². The molecule has 0 aromatic heterocycles. The van der Waals surface area contributed by atoms with Crippen molar-refractivity contribution in [3.8, 4) is 22.3 Å². The molecule has 0 spiro atoms. The van der Waals surface area contributed by atoms with Gasteiger partial charge in [-0.3, -0.25) is 4.79 Å². The van der Waals surface area contributed by atoms with Crippen LogP contribution in [0.15, 0.2) is 78.9 Å². The minimum absolute atomic E-state index is 0.719. The summed E-state index contributed by atoms with van der Waals surface area (Å²) in [6, 6.07) is 26.2. The molecule has 102 valence electrons. The van der Waals surface area contributed by atoms with Gasteiger partial charge < -0.3 is 5.32 Å². The van der Waals surface area contributed by atoms with Crippen LogP contribution in [-0.4, -0.2) is 6.41 Å². The molecule has 0 heterocycles. The monoisotopic (exact) mass is 273 g/mol. The van der Waals surface area contributed by atoms with Crippen molar-refractivity contribution in [2.75, 3.05) is 5.32 Å². The smallest absolute Gasteiger partial charge is 0.211 e. The molecule has 0 fully saturated rings. The topological polar surface area (TPSA) is 29.1 Å². The fourth-order valence-electron chi connectivity index (χ4n) is 2.51. The van der Waals surface area contributed by atoms with Crippen LogP contribution in [0, 0.1) is 0 Å². The summed E-state index contributed by atoms with van der Waals surface area (Å²) in [6.07, 6.45) is 0.719. The Balaban J connectivity index is 2.25. The fraction of sp³-hybridized carbons (Fsp3) is 0. The van der Waals surface area contributed by atoms with Gasteiger partial charge in [-0.2, -0.15) is 0 Å². The number of rotatable bonds is 4. The van der Waals surface area contributed by atoms with Crippen LogP contribution in [0.1, 0.15) is 0 Å². The molecule has 0 saturated heterocycles. The third kappa shape index (κ3) is 2.70. The molecule has 0 aliphatic rings. The van der Waals surface area contributed by atoms with Gasteiger partial charge in [0.2, 0.25) is 6.41 Å². The van der Waals surface area contributed by atoms with Crippen LogP contribution in [0.5, 0.6) is 0 Å². The number of hydrogen-bond acceptors (Lipinski definition) is 1. The normalized spacial score (nSPS) is 10.1. The molecule has 0 aliphatic heterocycles. The van der Waals surface area contributed by atoms with Crippen LogP contribution >= 0.6 is 0 Å². The van der Waals surface area contributed by atoms with Crippen LogP contribution < -0.4 is 5.32 Å². The lowest BCUT2D eigenvalue weighted by molar-refractivity contribution is -0.105. The van der Waals surface area contributed by atoms with Gasteiger partial charge in [-0.05, 0) is 22.8 Å². The van der Waals surface area contributed by atoms with Gasteiger partial charge in [0.15, 0.2) is 0 Å². The zero-order valence-corrected chi connectivity index (χ0v) is 11.5. The molecule has 21 heavy (non-hydrogen) atoms. The minimum atomic E-state index is 0.719. The Kier molecular flexibility index (Phi) is 3.79. The van der Waals surface area contributed by atoms with Crippen molar-refractivity contribution in [1.82, 2.24) is 0 Å². The molecule has 0 unspecified atom stereocenters. The number of nitrogens with one attached hydrogen (secondary N) is 1. The van der Waals surface area contributed by atoms with Gasteiger partial charge in [0.05, 0.1) is 0 Å². The molecule has 2 nitrogen and oxygen atoms in total. The second-order valence-corrected chi connectivity index (χ2v) is 4.72. The van der Waals surface area contributed by atoms with E-state index in [2.05, 4.69) is 35.6 Å². The first-order chi connectivity index (χ1) is 10.4. The Bertz CT molecular complexity index is 736. The molecule has 1 N–H and O–H groups in total. The van der Waals surface area contributed by atoms with E-state index in [9.17, 15) is 4.79 Å². The number of anilines is 1. The molecule has 3 aromatic rings. The van der Waals surface area contributed by atoms with Gasteiger partial charge in [0.1, 0.15) is 0 Å². The van der Waals surface area contributed by atoms with Gasteiger partial charge in [-0.15, -0.1) is 0 Å². The summed E-state index contributed by atoms with van der Waals surface area (Å²) in [6.45, 7) is 0. The zero-order valence-electron chi connectivity index (χ0n) is 11.5.